The third-order valence-electron chi connectivity index (χ3n) is 6.04. The third kappa shape index (κ3) is 8.49. The zero-order valence-corrected chi connectivity index (χ0v) is 21.6. The lowest BCUT2D eigenvalue weighted by atomic mass is 10.1. The van der Waals surface area contributed by atoms with Crippen molar-refractivity contribution < 1.29 is 19.1 Å². The SMILES string of the molecule is C.CC(C)(N)C(=O)N[C@H](COCc1ccccc1)C(=O)Nc1cn(C(C(=O)NC2CC2)c2ccccc2)cn1. The predicted octanol–water partition coefficient (Wildman–Crippen LogP) is 2.76. The molecule has 0 radical (unpaired) electrons. The molecule has 2 aromatic carbocycles. The van der Waals surface area contributed by atoms with Crippen LogP contribution < -0.4 is 21.7 Å². The first-order chi connectivity index (χ1) is 18.2. The van der Waals surface area contributed by atoms with E-state index in [1.165, 1.54) is 6.33 Å². The van der Waals surface area contributed by atoms with Crippen LogP contribution in [0.25, 0.3) is 0 Å². The molecule has 0 spiro atoms. The lowest BCUT2D eigenvalue weighted by Gasteiger charge is -2.23. The quantitative estimate of drug-likeness (QED) is 0.282. The molecule has 3 amide bonds. The Morgan fingerprint density at radius 1 is 1.05 bits per heavy atom. The molecule has 4 rings (SSSR count). The predicted molar refractivity (Wildman–Crippen MR) is 150 cm³/mol. The summed E-state index contributed by atoms with van der Waals surface area (Å²) in [6.45, 7) is 3.32. The minimum Gasteiger partial charge on any atom is -0.374 e. The van der Waals surface area contributed by atoms with Gasteiger partial charge in [-0.1, -0.05) is 68.1 Å². The summed E-state index contributed by atoms with van der Waals surface area (Å²) in [5.74, 6) is -0.907. The van der Waals surface area contributed by atoms with Gasteiger partial charge in [0.2, 0.25) is 11.8 Å². The number of rotatable bonds is 12. The van der Waals surface area contributed by atoms with Gasteiger partial charge in [0.1, 0.15) is 12.1 Å². The van der Waals surface area contributed by atoms with Crippen LogP contribution in [0.15, 0.2) is 73.2 Å². The smallest absolute Gasteiger partial charge is 0.250 e. The number of carbonyl (C=O) groups excluding carboxylic acids is 3. The van der Waals surface area contributed by atoms with Gasteiger partial charge in [0.15, 0.2) is 5.82 Å². The van der Waals surface area contributed by atoms with Crippen molar-refractivity contribution >= 4 is 23.5 Å². The average molecular weight is 535 g/mol. The molecule has 0 saturated heterocycles. The highest BCUT2D eigenvalue weighted by Crippen LogP contribution is 2.24. The van der Waals surface area contributed by atoms with E-state index in [-0.39, 0.29) is 38.4 Å². The number of imidazole rings is 1. The van der Waals surface area contributed by atoms with Crippen molar-refractivity contribution in [3.63, 3.8) is 0 Å². The molecular weight excluding hydrogens is 496 g/mol. The van der Waals surface area contributed by atoms with E-state index >= 15 is 0 Å². The minimum absolute atomic E-state index is 0. The number of anilines is 1. The zero-order valence-electron chi connectivity index (χ0n) is 21.6. The summed E-state index contributed by atoms with van der Waals surface area (Å²) in [6, 6.07) is 17.4. The lowest BCUT2D eigenvalue weighted by Crippen LogP contribution is -2.56. The van der Waals surface area contributed by atoms with E-state index < -0.39 is 29.4 Å². The van der Waals surface area contributed by atoms with E-state index in [9.17, 15) is 14.4 Å². The number of ether oxygens (including phenoxy) is 1. The number of hydrogen-bond acceptors (Lipinski definition) is 6. The van der Waals surface area contributed by atoms with Gasteiger partial charge in [0, 0.05) is 12.2 Å². The second-order valence-corrected chi connectivity index (χ2v) is 10.0. The van der Waals surface area contributed by atoms with Crippen molar-refractivity contribution in [2.75, 3.05) is 11.9 Å². The Kier molecular flexibility index (Phi) is 9.97. The Hall–Kier alpha value is -4.02. The van der Waals surface area contributed by atoms with Crippen molar-refractivity contribution in [3.8, 4) is 0 Å². The van der Waals surface area contributed by atoms with Crippen molar-refractivity contribution in [1.29, 1.82) is 0 Å². The van der Waals surface area contributed by atoms with Crippen molar-refractivity contribution in [2.24, 2.45) is 5.73 Å². The molecule has 1 aliphatic rings. The highest BCUT2D eigenvalue weighted by molar-refractivity contribution is 5.98. The highest BCUT2D eigenvalue weighted by Gasteiger charge is 2.31. The maximum absolute atomic E-state index is 13.2. The maximum Gasteiger partial charge on any atom is 0.250 e. The zero-order chi connectivity index (χ0) is 27.1. The van der Waals surface area contributed by atoms with Crippen LogP contribution in [0.3, 0.4) is 0 Å². The first-order valence-corrected chi connectivity index (χ1v) is 12.6. The van der Waals surface area contributed by atoms with Crippen LogP contribution in [0.1, 0.15) is 51.3 Å². The van der Waals surface area contributed by atoms with Crippen molar-refractivity contribution in [3.05, 3.63) is 84.3 Å². The molecule has 2 atom stereocenters. The van der Waals surface area contributed by atoms with E-state index in [4.69, 9.17) is 10.5 Å². The first-order valence-electron chi connectivity index (χ1n) is 12.6. The standard InChI is InChI=1S/C28H34N6O4.CH4/c1-28(2,29)27(37)32-22(17-38-16-19-9-5-3-6-10-19)25(35)33-23-15-34(18-30-23)24(20-11-7-4-8-12-20)26(36)31-21-13-14-21;/h3-12,15,18,21-22,24H,13-14,16-17,29H2,1-2H3,(H,31,36)(H,32,37)(H,33,35);1H4/t22-,24?;/m1./s1. The molecule has 1 aromatic heterocycles. The summed E-state index contributed by atoms with van der Waals surface area (Å²) in [6.07, 6.45) is 5.04. The molecule has 10 nitrogen and oxygen atoms in total. The number of nitrogens with one attached hydrogen (secondary N) is 3. The van der Waals surface area contributed by atoms with Crippen molar-refractivity contribution in [1.82, 2.24) is 20.2 Å². The number of carbonyl (C=O) groups is 3. The van der Waals surface area contributed by atoms with Crippen LogP contribution >= 0.6 is 0 Å². The molecule has 1 aliphatic carbocycles. The second-order valence-electron chi connectivity index (χ2n) is 10.0. The molecule has 208 valence electrons. The van der Waals surface area contributed by atoms with Gasteiger partial charge in [-0.15, -0.1) is 0 Å². The summed E-state index contributed by atoms with van der Waals surface area (Å²) in [7, 11) is 0. The number of aromatic nitrogens is 2. The molecule has 1 fully saturated rings. The summed E-state index contributed by atoms with van der Waals surface area (Å²) in [4.78, 5) is 43.1. The maximum atomic E-state index is 13.2. The van der Waals surface area contributed by atoms with Crippen LogP contribution in [0.4, 0.5) is 5.82 Å². The lowest BCUT2D eigenvalue weighted by molar-refractivity contribution is -0.130. The monoisotopic (exact) mass is 534 g/mol. The van der Waals surface area contributed by atoms with Crippen LogP contribution in [0, 0.1) is 0 Å². The Morgan fingerprint density at radius 3 is 2.31 bits per heavy atom. The van der Waals surface area contributed by atoms with E-state index in [0.29, 0.717) is 0 Å². The van der Waals surface area contributed by atoms with E-state index in [2.05, 4.69) is 20.9 Å². The minimum atomic E-state index is -1.18. The average Bonchev–Trinajstić information content (AvgIpc) is 3.59. The molecule has 1 unspecified atom stereocenters. The van der Waals surface area contributed by atoms with E-state index in [0.717, 1.165) is 24.0 Å². The number of benzene rings is 2. The third-order valence-corrected chi connectivity index (χ3v) is 6.04. The number of nitrogens with two attached hydrogens (primary N) is 1. The topological polar surface area (TPSA) is 140 Å². The Balaban J connectivity index is 0.00000420. The van der Waals surface area contributed by atoms with Gasteiger partial charge in [0.25, 0.3) is 5.91 Å². The van der Waals surface area contributed by atoms with Gasteiger partial charge in [-0.3, -0.25) is 14.4 Å². The van der Waals surface area contributed by atoms with Gasteiger partial charge in [0.05, 0.1) is 25.1 Å². The second kappa shape index (κ2) is 13.2. The fourth-order valence-corrected chi connectivity index (χ4v) is 3.75. The number of nitrogens with zero attached hydrogens (tertiary/aromatic N) is 2. The van der Waals surface area contributed by atoms with E-state index in [1.807, 2.05) is 60.7 Å². The summed E-state index contributed by atoms with van der Waals surface area (Å²) < 4.78 is 7.39. The molecule has 5 N–H and O–H groups in total. The van der Waals surface area contributed by atoms with Gasteiger partial charge in [-0.25, -0.2) is 4.98 Å². The van der Waals surface area contributed by atoms with Gasteiger partial charge in [-0.2, -0.15) is 0 Å². The van der Waals surface area contributed by atoms with Crippen molar-refractivity contribution in [2.45, 2.75) is 64.4 Å². The van der Waals surface area contributed by atoms with Gasteiger partial charge >= 0.3 is 0 Å². The van der Waals surface area contributed by atoms with Crippen LogP contribution in [0.5, 0.6) is 0 Å². The highest BCUT2D eigenvalue weighted by atomic mass is 16.5. The van der Waals surface area contributed by atoms with Gasteiger partial charge < -0.3 is 31.0 Å². The van der Waals surface area contributed by atoms with Crippen LogP contribution in [-0.2, 0) is 25.7 Å². The molecule has 10 heteroatoms. The summed E-state index contributed by atoms with van der Waals surface area (Å²) >= 11 is 0. The Bertz CT molecular complexity index is 1240. The molecule has 39 heavy (non-hydrogen) atoms. The largest absolute Gasteiger partial charge is 0.374 e. The molecule has 3 aromatic rings. The first kappa shape index (κ1) is 29.5. The Labute approximate surface area is 229 Å². The fraction of sp³-hybridized carbons (Fsp3) is 0.379. The van der Waals surface area contributed by atoms with Crippen LogP contribution in [0.2, 0.25) is 0 Å². The summed E-state index contributed by atoms with van der Waals surface area (Å²) in [5.41, 5.74) is 6.47. The molecule has 0 aliphatic heterocycles. The normalized spacial score (nSPS) is 14.4. The molecule has 0 bridgehead atoms. The Morgan fingerprint density at radius 2 is 1.69 bits per heavy atom. The fourth-order valence-electron chi connectivity index (χ4n) is 3.75. The molecule has 1 saturated carbocycles. The van der Waals surface area contributed by atoms with E-state index in [1.54, 1.807) is 24.6 Å². The molecular formula is C29H38N6O4. The molecule has 1 heterocycles. The number of hydrogen-bond donors (Lipinski definition) is 4. The van der Waals surface area contributed by atoms with Gasteiger partial charge in [-0.05, 0) is 37.8 Å². The summed E-state index contributed by atoms with van der Waals surface area (Å²) in [5, 5.41) is 8.43. The number of amides is 3. The van der Waals surface area contributed by atoms with Crippen LogP contribution in [-0.4, -0.2) is 51.5 Å².